The number of pyridine rings is 1. The lowest BCUT2D eigenvalue weighted by Gasteiger charge is -2.41. The predicted molar refractivity (Wildman–Crippen MR) is 133 cm³/mol. The van der Waals surface area contributed by atoms with E-state index in [9.17, 15) is 9.59 Å². The van der Waals surface area contributed by atoms with Crippen molar-refractivity contribution in [1.29, 1.82) is 0 Å². The average Bonchev–Trinajstić information content (AvgIpc) is 2.87. The molecule has 34 heavy (non-hydrogen) atoms. The maximum absolute atomic E-state index is 13.3. The van der Waals surface area contributed by atoms with Crippen LogP contribution in [0.15, 0.2) is 29.1 Å². The third-order valence-corrected chi connectivity index (χ3v) is 7.17. The zero-order valence-corrected chi connectivity index (χ0v) is 20.3. The molecule has 0 aliphatic carbocycles. The highest BCUT2D eigenvalue weighted by Crippen LogP contribution is 2.26. The van der Waals surface area contributed by atoms with Crippen LogP contribution >= 0.6 is 0 Å². The van der Waals surface area contributed by atoms with Crippen LogP contribution in [-0.2, 0) is 22.6 Å². The van der Waals surface area contributed by atoms with Crippen LogP contribution in [-0.4, -0.2) is 66.3 Å². The first-order chi connectivity index (χ1) is 16.5. The largest absolute Gasteiger partial charge is 0.497 e. The Hall–Kier alpha value is -2.82. The minimum Gasteiger partial charge on any atom is -0.497 e. The van der Waals surface area contributed by atoms with Crippen LogP contribution in [0.4, 0.5) is 0 Å². The van der Waals surface area contributed by atoms with Crippen molar-refractivity contribution in [2.45, 2.75) is 51.7 Å². The van der Waals surface area contributed by atoms with Crippen molar-refractivity contribution < 1.29 is 14.3 Å². The number of aromatic nitrogens is 1. The second kappa shape index (κ2) is 11.1. The van der Waals surface area contributed by atoms with Crippen molar-refractivity contribution >= 4 is 16.9 Å². The molecule has 1 aromatic heterocycles. The molecule has 2 aliphatic rings. The van der Waals surface area contributed by atoms with Gasteiger partial charge in [0.15, 0.2) is 0 Å². The Morgan fingerprint density at radius 2 is 1.97 bits per heavy atom. The van der Waals surface area contributed by atoms with Crippen molar-refractivity contribution in [1.82, 2.24) is 14.4 Å². The molecule has 0 radical (unpaired) electrons. The van der Waals surface area contributed by atoms with Gasteiger partial charge in [-0.3, -0.25) is 24.0 Å². The van der Waals surface area contributed by atoms with E-state index >= 15 is 0 Å². The third-order valence-electron chi connectivity index (χ3n) is 7.17. The van der Waals surface area contributed by atoms with Crippen molar-refractivity contribution in [3.63, 3.8) is 0 Å². The van der Waals surface area contributed by atoms with E-state index in [0.29, 0.717) is 24.9 Å². The molecular formula is C27H35N3O4. The molecule has 2 aromatic rings. The highest BCUT2D eigenvalue weighted by atomic mass is 16.5. The van der Waals surface area contributed by atoms with Crippen LogP contribution < -0.4 is 10.3 Å². The number of fused-ring (bicyclic) bond motifs is 1. The Morgan fingerprint density at radius 3 is 2.68 bits per heavy atom. The first-order valence-corrected chi connectivity index (χ1v) is 12.3. The number of hydrogen-bond acceptors (Lipinski definition) is 6. The van der Waals surface area contributed by atoms with E-state index in [1.807, 2.05) is 31.2 Å². The number of methoxy groups -OCH3 is 1. The minimum atomic E-state index is -0.0539. The fraction of sp³-hybridized carbons (Fsp3) is 0.556. The molecule has 7 heteroatoms. The fourth-order valence-electron chi connectivity index (χ4n) is 5.37. The summed E-state index contributed by atoms with van der Waals surface area (Å²) in [4.78, 5) is 30.3. The van der Waals surface area contributed by atoms with E-state index in [-0.39, 0.29) is 24.0 Å². The molecule has 2 fully saturated rings. The normalized spacial score (nSPS) is 20.2. The molecule has 0 unspecified atom stereocenters. The van der Waals surface area contributed by atoms with Crippen LogP contribution in [0.5, 0.6) is 5.75 Å². The summed E-state index contributed by atoms with van der Waals surface area (Å²) in [6, 6.07) is 8.23. The zero-order chi connectivity index (χ0) is 24.1. The van der Waals surface area contributed by atoms with Gasteiger partial charge >= 0.3 is 5.97 Å². The first kappa shape index (κ1) is 24.3. The zero-order valence-electron chi connectivity index (χ0n) is 20.3. The predicted octanol–water partition coefficient (Wildman–Crippen LogP) is 2.88. The monoisotopic (exact) mass is 465 g/mol. The van der Waals surface area contributed by atoms with E-state index in [4.69, 9.17) is 15.9 Å². The molecule has 0 spiro atoms. The van der Waals surface area contributed by atoms with Gasteiger partial charge < -0.3 is 9.47 Å². The van der Waals surface area contributed by atoms with Gasteiger partial charge in [-0.1, -0.05) is 5.92 Å². The van der Waals surface area contributed by atoms with Crippen molar-refractivity contribution in [2.24, 2.45) is 5.92 Å². The lowest BCUT2D eigenvalue weighted by molar-refractivity contribution is -0.150. The molecule has 0 saturated carbocycles. The van der Waals surface area contributed by atoms with E-state index < -0.39 is 0 Å². The van der Waals surface area contributed by atoms with E-state index in [1.165, 1.54) is 0 Å². The first-order valence-electron chi connectivity index (χ1n) is 12.3. The summed E-state index contributed by atoms with van der Waals surface area (Å²) >= 11 is 0. The number of benzene rings is 1. The lowest BCUT2D eigenvalue weighted by atomic mass is 9.94. The summed E-state index contributed by atoms with van der Waals surface area (Å²) < 4.78 is 12.3. The second-order valence-corrected chi connectivity index (χ2v) is 9.28. The van der Waals surface area contributed by atoms with Gasteiger partial charge in [-0.2, -0.15) is 0 Å². The summed E-state index contributed by atoms with van der Waals surface area (Å²) in [7, 11) is 1.61. The molecule has 2 aliphatic heterocycles. The van der Waals surface area contributed by atoms with E-state index in [1.54, 1.807) is 11.7 Å². The van der Waals surface area contributed by atoms with Gasteiger partial charge in [-0.15, -0.1) is 6.42 Å². The number of ether oxygens (including phenoxy) is 2. The SMILES string of the molecule is C#CCn1c(=O)c(CN2CCC(N3CCC[C@@H](C(=O)OCC)C3)CC2)cc2ccc(OC)cc21. The quantitative estimate of drug-likeness (QED) is 0.463. The van der Waals surface area contributed by atoms with Crippen molar-refractivity contribution in [2.75, 3.05) is 39.9 Å². The highest BCUT2D eigenvalue weighted by molar-refractivity contribution is 5.81. The van der Waals surface area contributed by atoms with Crippen LogP contribution in [0.25, 0.3) is 10.9 Å². The number of hydrogen-bond donors (Lipinski definition) is 0. The molecule has 182 valence electrons. The van der Waals surface area contributed by atoms with Crippen LogP contribution in [0.1, 0.15) is 38.2 Å². The Kier molecular flexibility index (Phi) is 7.91. The Bertz CT molecular complexity index is 1110. The highest BCUT2D eigenvalue weighted by Gasteiger charge is 2.32. The average molecular weight is 466 g/mol. The summed E-state index contributed by atoms with van der Waals surface area (Å²) in [5.41, 5.74) is 1.53. The Morgan fingerprint density at radius 1 is 1.18 bits per heavy atom. The van der Waals surface area contributed by atoms with Crippen LogP contribution in [0.2, 0.25) is 0 Å². The van der Waals surface area contributed by atoms with Gasteiger partial charge in [0.1, 0.15) is 5.75 Å². The smallest absolute Gasteiger partial charge is 0.310 e. The molecule has 0 bridgehead atoms. The summed E-state index contributed by atoms with van der Waals surface area (Å²) in [6.45, 7) is 6.86. The number of nitrogens with zero attached hydrogens (tertiary/aromatic N) is 3. The van der Waals surface area contributed by atoms with Gasteiger partial charge in [0, 0.05) is 30.8 Å². The maximum atomic E-state index is 13.3. The summed E-state index contributed by atoms with van der Waals surface area (Å²) in [5, 5.41) is 0.985. The molecular weight excluding hydrogens is 430 g/mol. The van der Waals surface area contributed by atoms with E-state index in [2.05, 4.69) is 15.7 Å². The third kappa shape index (κ3) is 5.29. The number of carbonyl (C=O) groups excluding carboxylic acids is 1. The summed E-state index contributed by atoms with van der Waals surface area (Å²) in [6.07, 6.45) is 9.62. The van der Waals surface area contributed by atoms with Crippen LogP contribution in [0, 0.1) is 18.3 Å². The standard InChI is InChI=1S/C27H35N3O4/c1-4-12-30-25-17-24(33-3)9-8-20(25)16-22(26(30)31)18-28-14-10-23(11-15-28)29-13-6-7-21(19-29)27(32)34-5-2/h1,8-9,16-17,21,23H,5-7,10-15,18-19H2,2-3H3/t21-/m1/s1. The molecule has 3 heterocycles. The summed E-state index contributed by atoms with van der Waals surface area (Å²) in [5.74, 6) is 3.26. The number of terminal acetylenes is 1. The van der Waals surface area contributed by atoms with Gasteiger partial charge in [0.2, 0.25) is 0 Å². The fourth-order valence-corrected chi connectivity index (χ4v) is 5.37. The molecule has 1 aromatic carbocycles. The molecule has 0 amide bonds. The van der Waals surface area contributed by atoms with Gasteiger partial charge in [-0.05, 0) is 75.8 Å². The van der Waals surface area contributed by atoms with Crippen molar-refractivity contribution in [3.05, 3.63) is 40.2 Å². The number of esters is 1. The topological polar surface area (TPSA) is 64.0 Å². The van der Waals surface area contributed by atoms with Crippen LogP contribution in [0.3, 0.4) is 0 Å². The maximum Gasteiger partial charge on any atom is 0.310 e. The number of likely N-dealkylation sites (tertiary alicyclic amines) is 2. The minimum absolute atomic E-state index is 0.00224. The molecule has 4 rings (SSSR count). The van der Waals surface area contributed by atoms with Gasteiger partial charge in [0.25, 0.3) is 5.56 Å². The molecule has 1 atom stereocenters. The number of rotatable bonds is 7. The second-order valence-electron chi connectivity index (χ2n) is 9.28. The number of piperidine rings is 2. The Labute approximate surface area is 201 Å². The molecule has 7 nitrogen and oxygen atoms in total. The molecule has 0 N–H and O–H groups in total. The lowest BCUT2D eigenvalue weighted by Crippen LogP contribution is -2.49. The Balaban J connectivity index is 1.42. The number of carbonyl (C=O) groups is 1. The molecule has 2 saturated heterocycles. The van der Waals surface area contributed by atoms with Crippen molar-refractivity contribution in [3.8, 4) is 18.1 Å². The van der Waals surface area contributed by atoms with Gasteiger partial charge in [0.05, 0.1) is 31.7 Å². The van der Waals surface area contributed by atoms with Gasteiger partial charge in [-0.25, -0.2) is 0 Å². The van der Waals surface area contributed by atoms with E-state index in [0.717, 1.165) is 68.3 Å².